The van der Waals surface area contributed by atoms with E-state index in [9.17, 15) is 14.4 Å². The van der Waals surface area contributed by atoms with Crippen molar-refractivity contribution in [3.05, 3.63) is 59.4 Å². The van der Waals surface area contributed by atoms with Gasteiger partial charge in [-0.05, 0) is 91.2 Å². The molecule has 1 aromatic heterocycles. The molecule has 0 aliphatic heterocycles. The fourth-order valence-corrected chi connectivity index (χ4v) is 10.7. The van der Waals surface area contributed by atoms with Crippen LogP contribution < -0.4 is 0 Å². The molecule has 1 heterocycles. The zero-order valence-electron chi connectivity index (χ0n) is 25.3. The van der Waals surface area contributed by atoms with Gasteiger partial charge >= 0.3 is 0 Å². The molecule has 3 saturated carbocycles. The van der Waals surface area contributed by atoms with E-state index in [0.29, 0.717) is 0 Å². The van der Waals surface area contributed by atoms with Gasteiger partial charge in [0.15, 0.2) is 11.6 Å². The van der Waals surface area contributed by atoms with Crippen LogP contribution in [0.2, 0.25) is 0 Å². The lowest BCUT2D eigenvalue weighted by Crippen LogP contribution is -2.66. The van der Waals surface area contributed by atoms with Gasteiger partial charge in [0, 0.05) is 29.1 Å². The fourth-order valence-electron chi connectivity index (χ4n) is 10.7. The highest BCUT2D eigenvalue weighted by molar-refractivity contribution is 6.03. The first-order valence-corrected chi connectivity index (χ1v) is 15.2. The second kappa shape index (κ2) is 8.17. The van der Waals surface area contributed by atoms with E-state index in [0.717, 1.165) is 50.5 Å². The van der Waals surface area contributed by atoms with Crippen molar-refractivity contribution >= 4 is 17.5 Å². The minimum Gasteiger partial charge on any atom is -0.307 e. The summed E-state index contributed by atoms with van der Waals surface area (Å²) in [5.74, 6) is 0.0257. The third-order valence-electron chi connectivity index (χ3n) is 13.1. The number of Topliss-reactive ketones (excluding diaryl/α,β-unsaturated/α-hetero) is 1. The largest absolute Gasteiger partial charge is 0.307 e. The number of allylic oxidation sites excluding steroid dienone is 4. The highest BCUT2D eigenvalue weighted by atomic mass is 16.2. The molecule has 7 atom stereocenters. The van der Waals surface area contributed by atoms with Gasteiger partial charge in [-0.2, -0.15) is 0 Å². The Balaban J connectivity index is 1.53. The zero-order valence-corrected chi connectivity index (χ0v) is 25.3. The van der Waals surface area contributed by atoms with Gasteiger partial charge in [0.25, 0.3) is 0 Å². The number of hydrogen-bond donors (Lipinski definition) is 0. The zero-order chi connectivity index (χ0) is 29.1. The summed E-state index contributed by atoms with van der Waals surface area (Å²) >= 11 is 0. The number of carbonyl (C=O) groups is 3. The van der Waals surface area contributed by atoms with E-state index in [2.05, 4.69) is 39.5 Å². The van der Waals surface area contributed by atoms with E-state index in [4.69, 9.17) is 6.57 Å². The number of rotatable bonds is 1. The van der Waals surface area contributed by atoms with Gasteiger partial charge in [0.1, 0.15) is 0 Å². The molecule has 40 heavy (non-hydrogen) atoms. The third kappa shape index (κ3) is 3.23. The fraction of sp³-hybridized carbons (Fsp3) is 0.657. The monoisotopic (exact) mass is 540 g/mol. The van der Waals surface area contributed by atoms with Gasteiger partial charge in [-0.25, -0.2) is 4.85 Å². The van der Waals surface area contributed by atoms with Crippen molar-refractivity contribution in [2.75, 3.05) is 0 Å². The number of nitrogens with zero attached hydrogens (tertiary/aromatic N) is 2. The van der Waals surface area contributed by atoms with E-state index >= 15 is 0 Å². The standard InChI is InChI=1S/C35H44N2O3/c1-30(2)13-15-35(29(40)37-17-9-10-18-37)16-14-34(7)27(22(35)20-30)24(38)19-26-32(5)21-23(36-8)28(39)31(3,4)25(32)11-12-33(26,34)6/h9-10,17-19,21-22,25,27H,11-16,20H2,1-7H3. The summed E-state index contributed by atoms with van der Waals surface area (Å²) in [6.45, 7) is 23.2. The van der Waals surface area contributed by atoms with Crippen LogP contribution in [0.3, 0.4) is 0 Å². The van der Waals surface area contributed by atoms with Crippen LogP contribution >= 0.6 is 0 Å². The molecule has 7 unspecified atom stereocenters. The Morgan fingerprint density at radius 3 is 2.25 bits per heavy atom. The Labute approximate surface area is 239 Å². The molecule has 5 aliphatic rings. The molecular formula is C35H44N2O3. The molecule has 5 nitrogen and oxygen atoms in total. The highest BCUT2D eigenvalue weighted by Gasteiger charge is 2.70. The summed E-state index contributed by atoms with van der Waals surface area (Å²) < 4.78 is 1.76. The average Bonchev–Trinajstić information content (AvgIpc) is 3.42. The van der Waals surface area contributed by atoms with Gasteiger partial charge in [0.2, 0.25) is 11.6 Å². The molecule has 212 valence electrons. The normalized spacial score (nSPS) is 43.2. The van der Waals surface area contributed by atoms with Gasteiger partial charge in [-0.1, -0.05) is 60.1 Å². The summed E-state index contributed by atoms with van der Waals surface area (Å²) in [6, 6.07) is 3.82. The van der Waals surface area contributed by atoms with Crippen LogP contribution in [0, 0.1) is 56.8 Å². The quantitative estimate of drug-likeness (QED) is 0.343. The summed E-state index contributed by atoms with van der Waals surface area (Å²) in [6.07, 6.45) is 13.6. The van der Waals surface area contributed by atoms with E-state index in [1.54, 1.807) is 4.57 Å². The summed E-state index contributed by atoms with van der Waals surface area (Å²) in [5.41, 5.74) is -0.907. The first-order valence-electron chi connectivity index (χ1n) is 15.2. The van der Waals surface area contributed by atoms with Gasteiger partial charge in [0.05, 0.1) is 12.0 Å². The van der Waals surface area contributed by atoms with Crippen LogP contribution in [0.5, 0.6) is 0 Å². The Hall–Kier alpha value is -2.74. The molecule has 5 heteroatoms. The number of hydrogen-bond acceptors (Lipinski definition) is 3. The van der Waals surface area contributed by atoms with Gasteiger partial charge in [-0.3, -0.25) is 14.2 Å². The van der Waals surface area contributed by atoms with Crippen molar-refractivity contribution in [1.82, 2.24) is 4.57 Å². The molecule has 0 amide bonds. The highest BCUT2D eigenvalue weighted by Crippen LogP contribution is 2.74. The summed E-state index contributed by atoms with van der Waals surface area (Å²) in [5, 5.41) is 0. The molecule has 0 aromatic carbocycles. The van der Waals surface area contributed by atoms with Crippen molar-refractivity contribution < 1.29 is 14.4 Å². The topological polar surface area (TPSA) is 60.5 Å². The Kier molecular flexibility index (Phi) is 5.61. The first-order chi connectivity index (χ1) is 18.6. The molecule has 0 spiro atoms. The maximum absolute atomic E-state index is 14.6. The first kappa shape index (κ1) is 27.4. The predicted molar refractivity (Wildman–Crippen MR) is 155 cm³/mol. The average molecular weight is 541 g/mol. The van der Waals surface area contributed by atoms with Crippen LogP contribution in [0.25, 0.3) is 4.85 Å². The second-order valence-corrected chi connectivity index (χ2v) is 15.8. The maximum atomic E-state index is 14.6. The smallest absolute Gasteiger partial charge is 0.237 e. The van der Waals surface area contributed by atoms with E-state index in [1.165, 1.54) is 0 Å². The van der Waals surface area contributed by atoms with Crippen molar-refractivity contribution in [2.24, 2.45) is 50.2 Å². The minimum atomic E-state index is -0.662. The minimum absolute atomic E-state index is 0.0173. The van der Waals surface area contributed by atoms with Crippen molar-refractivity contribution in [3.63, 3.8) is 0 Å². The van der Waals surface area contributed by atoms with E-state index in [1.807, 2.05) is 50.5 Å². The van der Waals surface area contributed by atoms with Gasteiger partial charge in [-0.15, -0.1) is 0 Å². The number of ketones is 2. The van der Waals surface area contributed by atoms with Crippen molar-refractivity contribution in [2.45, 2.75) is 93.4 Å². The molecule has 0 N–H and O–H groups in total. The summed E-state index contributed by atoms with van der Waals surface area (Å²) in [7, 11) is 0. The molecule has 1 aromatic rings. The molecule has 0 bridgehead atoms. The van der Waals surface area contributed by atoms with Crippen LogP contribution in [0.1, 0.15) is 98.2 Å². The SMILES string of the molecule is [C-]#[N+]C1=CC2(C)C3=CC(=O)C4C5CC(C)(C)CCC5(C(=O)n5cccc5)CCC4(C)C3(C)CCC2C(C)(C)C1=O. The predicted octanol–water partition coefficient (Wildman–Crippen LogP) is 7.70. The molecule has 6 rings (SSSR count). The lowest BCUT2D eigenvalue weighted by atomic mass is 9.34. The Morgan fingerprint density at radius 1 is 0.950 bits per heavy atom. The summed E-state index contributed by atoms with van der Waals surface area (Å²) in [4.78, 5) is 45.8. The van der Waals surface area contributed by atoms with E-state index in [-0.39, 0.29) is 57.2 Å². The third-order valence-corrected chi connectivity index (χ3v) is 13.1. The molecule has 0 saturated heterocycles. The van der Waals surface area contributed by atoms with Gasteiger partial charge < -0.3 is 4.79 Å². The van der Waals surface area contributed by atoms with Crippen LogP contribution in [-0.2, 0) is 9.59 Å². The number of fused-ring (bicyclic) bond motifs is 7. The Morgan fingerprint density at radius 2 is 1.60 bits per heavy atom. The Bertz CT molecular complexity index is 1420. The van der Waals surface area contributed by atoms with Crippen molar-refractivity contribution in [3.8, 4) is 0 Å². The second-order valence-electron chi connectivity index (χ2n) is 15.8. The number of aromatic nitrogens is 1. The molecule has 0 radical (unpaired) electrons. The van der Waals surface area contributed by atoms with Crippen molar-refractivity contribution in [1.29, 1.82) is 0 Å². The number of carbonyl (C=O) groups excluding carboxylic acids is 3. The van der Waals surface area contributed by atoms with Crippen LogP contribution in [-0.4, -0.2) is 22.0 Å². The van der Waals surface area contributed by atoms with Crippen LogP contribution in [0.4, 0.5) is 0 Å². The molecule has 3 fully saturated rings. The maximum Gasteiger partial charge on any atom is 0.237 e. The lowest BCUT2D eigenvalue weighted by molar-refractivity contribution is -0.164. The lowest BCUT2D eigenvalue weighted by Gasteiger charge is -2.69. The molecular weight excluding hydrogens is 496 g/mol. The van der Waals surface area contributed by atoms with Crippen LogP contribution in [0.15, 0.2) is 47.9 Å². The molecule has 5 aliphatic carbocycles. The van der Waals surface area contributed by atoms with E-state index < -0.39 is 16.2 Å².